The molecule has 0 saturated carbocycles. The lowest BCUT2D eigenvalue weighted by Crippen LogP contribution is -2.14. The van der Waals surface area contributed by atoms with E-state index >= 15 is 0 Å². The molecule has 0 amide bonds. The zero-order valence-corrected chi connectivity index (χ0v) is 8.83. The highest BCUT2D eigenvalue weighted by Crippen LogP contribution is 2.19. The maximum Gasteiger partial charge on any atom is 0.316 e. The molecule has 1 atom stereocenters. The minimum absolute atomic E-state index is 0.303. The molecule has 76 valence electrons. The molecule has 4 heteroatoms. The van der Waals surface area contributed by atoms with E-state index in [0.29, 0.717) is 6.42 Å². The van der Waals surface area contributed by atoms with Crippen molar-refractivity contribution in [2.45, 2.75) is 24.3 Å². The molecular formula is C10H13NO2S. The predicted octanol–water partition coefficient (Wildman–Crippen LogP) is 2.18. The van der Waals surface area contributed by atoms with Crippen LogP contribution in [0, 0.1) is 0 Å². The number of hydrogen-bond donors (Lipinski definition) is 1. The van der Waals surface area contributed by atoms with Gasteiger partial charge in [-0.15, -0.1) is 11.8 Å². The summed E-state index contributed by atoms with van der Waals surface area (Å²) in [6.07, 6.45) is 4.10. The van der Waals surface area contributed by atoms with Crippen molar-refractivity contribution >= 4 is 17.7 Å². The van der Waals surface area contributed by atoms with Crippen LogP contribution in [0.1, 0.15) is 18.9 Å². The Morgan fingerprint density at radius 1 is 1.57 bits per heavy atom. The number of aliphatic carboxylic acids is 1. The molecule has 0 saturated heterocycles. The molecule has 0 fully saturated rings. The van der Waals surface area contributed by atoms with Gasteiger partial charge in [0.2, 0.25) is 0 Å². The average molecular weight is 211 g/mol. The van der Waals surface area contributed by atoms with Gasteiger partial charge in [-0.2, -0.15) is 0 Å². The number of hydrogen-bond acceptors (Lipinski definition) is 3. The van der Waals surface area contributed by atoms with Crippen LogP contribution in [0.4, 0.5) is 0 Å². The number of rotatable bonds is 5. The average Bonchev–Trinajstić information content (AvgIpc) is 2.20. The van der Waals surface area contributed by atoms with Gasteiger partial charge >= 0.3 is 5.97 Å². The van der Waals surface area contributed by atoms with Crippen molar-refractivity contribution in [3.05, 3.63) is 30.1 Å². The molecule has 0 aliphatic carbocycles. The van der Waals surface area contributed by atoms with Crippen molar-refractivity contribution in [1.29, 1.82) is 0 Å². The Balaban J connectivity index is 2.44. The van der Waals surface area contributed by atoms with Crippen LogP contribution in [0.25, 0.3) is 0 Å². The molecule has 3 nitrogen and oxygen atoms in total. The second kappa shape index (κ2) is 5.65. The Labute approximate surface area is 87.6 Å². The fourth-order valence-electron chi connectivity index (χ4n) is 1.04. The summed E-state index contributed by atoms with van der Waals surface area (Å²) < 4.78 is 0. The van der Waals surface area contributed by atoms with Gasteiger partial charge in [0.15, 0.2) is 0 Å². The lowest BCUT2D eigenvalue weighted by molar-refractivity contribution is -0.136. The van der Waals surface area contributed by atoms with E-state index in [1.807, 2.05) is 19.1 Å². The fraction of sp³-hybridized carbons (Fsp3) is 0.400. The van der Waals surface area contributed by atoms with Crippen LogP contribution >= 0.6 is 11.8 Å². The van der Waals surface area contributed by atoms with Gasteiger partial charge in [-0.05, 0) is 24.1 Å². The third-order valence-electron chi connectivity index (χ3n) is 1.85. The molecule has 14 heavy (non-hydrogen) atoms. The molecule has 0 spiro atoms. The lowest BCUT2D eigenvalue weighted by Gasteiger charge is -2.08. The first kappa shape index (κ1) is 11.0. The van der Waals surface area contributed by atoms with E-state index in [1.54, 1.807) is 12.4 Å². The van der Waals surface area contributed by atoms with Gasteiger partial charge in [0.1, 0.15) is 5.25 Å². The largest absolute Gasteiger partial charge is 0.480 e. The Morgan fingerprint density at radius 3 is 2.71 bits per heavy atom. The van der Waals surface area contributed by atoms with Crippen LogP contribution in [0.2, 0.25) is 0 Å². The highest BCUT2D eigenvalue weighted by Gasteiger charge is 2.14. The summed E-state index contributed by atoms with van der Waals surface area (Å²) >= 11 is 1.46. The molecule has 1 rings (SSSR count). The van der Waals surface area contributed by atoms with E-state index < -0.39 is 5.97 Å². The van der Waals surface area contributed by atoms with Crippen molar-refractivity contribution in [2.75, 3.05) is 0 Å². The summed E-state index contributed by atoms with van der Waals surface area (Å²) in [7, 11) is 0. The minimum atomic E-state index is -0.730. The summed E-state index contributed by atoms with van der Waals surface area (Å²) in [5.41, 5.74) is 1.12. The number of carboxylic acids is 1. The number of thioether (sulfide) groups is 1. The molecular weight excluding hydrogens is 198 g/mol. The topological polar surface area (TPSA) is 50.2 Å². The maximum absolute atomic E-state index is 10.7. The van der Waals surface area contributed by atoms with Crippen molar-refractivity contribution in [3.8, 4) is 0 Å². The van der Waals surface area contributed by atoms with Gasteiger partial charge in [-0.3, -0.25) is 9.78 Å². The molecule has 1 unspecified atom stereocenters. The van der Waals surface area contributed by atoms with Crippen molar-refractivity contribution in [1.82, 2.24) is 4.98 Å². The van der Waals surface area contributed by atoms with Gasteiger partial charge in [0.25, 0.3) is 0 Å². The Bertz CT molecular complexity index is 289. The zero-order chi connectivity index (χ0) is 10.4. The summed E-state index contributed by atoms with van der Waals surface area (Å²) in [6.45, 7) is 1.89. The normalized spacial score (nSPS) is 12.4. The monoisotopic (exact) mass is 211 g/mol. The molecule has 1 heterocycles. The number of pyridine rings is 1. The van der Waals surface area contributed by atoms with Gasteiger partial charge < -0.3 is 5.11 Å². The molecule has 1 aromatic heterocycles. The molecule has 0 bridgehead atoms. The number of aromatic nitrogens is 1. The van der Waals surface area contributed by atoms with Crippen LogP contribution in [-0.4, -0.2) is 21.3 Å². The smallest absolute Gasteiger partial charge is 0.316 e. The van der Waals surface area contributed by atoms with E-state index in [9.17, 15) is 4.79 Å². The Hall–Kier alpha value is -1.03. The summed E-state index contributed by atoms with van der Waals surface area (Å²) in [5.74, 6) is -0.000550. The highest BCUT2D eigenvalue weighted by atomic mass is 32.2. The molecule has 1 N–H and O–H groups in total. The van der Waals surface area contributed by atoms with Crippen LogP contribution < -0.4 is 0 Å². The quantitative estimate of drug-likeness (QED) is 0.811. The first-order valence-corrected chi connectivity index (χ1v) is 5.52. The maximum atomic E-state index is 10.7. The number of nitrogens with zero attached hydrogens (tertiary/aromatic N) is 1. The zero-order valence-electron chi connectivity index (χ0n) is 8.01. The SMILES string of the molecule is CCC(SCc1ccncc1)C(=O)O. The summed E-state index contributed by atoms with van der Waals surface area (Å²) in [6, 6.07) is 3.81. The summed E-state index contributed by atoms with van der Waals surface area (Å²) in [5, 5.41) is 8.52. The van der Waals surface area contributed by atoms with Crippen molar-refractivity contribution in [3.63, 3.8) is 0 Å². The molecule has 0 aliphatic heterocycles. The van der Waals surface area contributed by atoms with E-state index in [0.717, 1.165) is 11.3 Å². The van der Waals surface area contributed by atoms with Crippen LogP contribution in [0.5, 0.6) is 0 Å². The van der Waals surface area contributed by atoms with E-state index in [4.69, 9.17) is 5.11 Å². The third-order valence-corrected chi connectivity index (χ3v) is 3.28. The van der Waals surface area contributed by atoms with Crippen LogP contribution in [0.3, 0.4) is 0 Å². The van der Waals surface area contributed by atoms with Gasteiger partial charge in [-0.1, -0.05) is 6.92 Å². The fourth-order valence-corrected chi connectivity index (χ4v) is 2.00. The van der Waals surface area contributed by atoms with Crippen molar-refractivity contribution < 1.29 is 9.90 Å². The van der Waals surface area contributed by atoms with Gasteiger partial charge in [0, 0.05) is 18.1 Å². The standard InChI is InChI=1S/C10H13NO2S/c1-2-9(10(12)13)14-7-8-3-5-11-6-4-8/h3-6,9H,2,7H2,1H3,(H,12,13). The first-order valence-electron chi connectivity index (χ1n) is 4.47. The second-order valence-electron chi connectivity index (χ2n) is 2.90. The molecule has 0 aromatic carbocycles. The van der Waals surface area contributed by atoms with E-state index in [1.165, 1.54) is 11.8 Å². The molecule has 1 aromatic rings. The Morgan fingerprint density at radius 2 is 2.21 bits per heavy atom. The lowest BCUT2D eigenvalue weighted by atomic mass is 10.3. The van der Waals surface area contributed by atoms with E-state index in [-0.39, 0.29) is 5.25 Å². The predicted molar refractivity (Wildman–Crippen MR) is 57.2 cm³/mol. The first-order chi connectivity index (χ1) is 6.74. The summed E-state index contributed by atoms with van der Waals surface area (Å²) in [4.78, 5) is 14.6. The molecule has 0 radical (unpaired) electrons. The van der Waals surface area contributed by atoms with E-state index in [2.05, 4.69) is 4.98 Å². The minimum Gasteiger partial charge on any atom is -0.480 e. The van der Waals surface area contributed by atoms with Gasteiger partial charge in [0.05, 0.1) is 0 Å². The van der Waals surface area contributed by atoms with Gasteiger partial charge in [-0.25, -0.2) is 0 Å². The third kappa shape index (κ3) is 3.38. The van der Waals surface area contributed by atoms with Crippen LogP contribution in [0.15, 0.2) is 24.5 Å². The number of carbonyl (C=O) groups is 1. The molecule has 0 aliphatic rings. The Kier molecular flexibility index (Phi) is 4.46. The van der Waals surface area contributed by atoms with Crippen molar-refractivity contribution in [2.24, 2.45) is 0 Å². The second-order valence-corrected chi connectivity index (χ2v) is 4.09. The van der Waals surface area contributed by atoms with Crippen LogP contribution in [-0.2, 0) is 10.5 Å². The number of carboxylic acid groups (broad SMARTS) is 1. The highest BCUT2D eigenvalue weighted by molar-refractivity contribution is 7.99.